The second kappa shape index (κ2) is 8.70. The summed E-state index contributed by atoms with van der Waals surface area (Å²) in [6.07, 6.45) is 2.03. The Labute approximate surface area is 157 Å². The molecule has 2 rings (SSSR count). The van der Waals surface area contributed by atoms with Gasteiger partial charge in [-0.3, -0.25) is 4.79 Å². The summed E-state index contributed by atoms with van der Waals surface area (Å²) in [6.45, 7) is 13.4. The molecule has 3 nitrogen and oxygen atoms in total. The van der Waals surface area contributed by atoms with Gasteiger partial charge in [0.1, 0.15) is 5.75 Å². The van der Waals surface area contributed by atoms with E-state index in [4.69, 9.17) is 4.74 Å². The Morgan fingerprint density at radius 2 is 1.88 bits per heavy atom. The third-order valence-electron chi connectivity index (χ3n) is 4.13. The van der Waals surface area contributed by atoms with Gasteiger partial charge in [0, 0.05) is 13.1 Å². The summed E-state index contributed by atoms with van der Waals surface area (Å²) in [5.41, 5.74) is 2.74. The number of hydrogen-bond acceptors (Lipinski definition) is 2. The number of ether oxygens (including phenoxy) is 1. The van der Waals surface area contributed by atoms with Crippen molar-refractivity contribution in [3.05, 3.63) is 65.8 Å². The molecule has 0 bridgehead atoms. The highest BCUT2D eigenvalue weighted by Crippen LogP contribution is 2.29. The quantitative estimate of drug-likeness (QED) is 0.619. The molecule has 0 aliphatic rings. The van der Waals surface area contributed by atoms with Crippen molar-refractivity contribution in [2.24, 2.45) is 5.92 Å². The SMILES string of the molecule is C=C(C)/C=C(\C)CN(CC(C)C)C(=O)c1c(OC)ccc2ccccc12. The number of carbonyl (C=O) groups excluding carboxylic acids is 1. The van der Waals surface area contributed by atoms with Crippen molar-refractivity contribution in [3.63, 3.8) is 0 Å². The lowest BCUT2D eigenvalue weighted by Crippen LogP contribution is -2.36. The average molecular weight is 351 g/mol. The second-order valence-corrected chi connectivity index (χ2v) is 7.28. The molecule has 0 aliphatic heterocycles. The van der Waals surface area contributed by atoms with E-state index in [-0.39, 0.29) is 5.91 Å². The van der Waals surface area contributed by atoms with Crippen LogP contribution in [0.3, 0.4) is 0 Å². The summed E-state index contributed by atoms with van der Waals surface area (Å²) in [5.74, 6) is 0.989. The molecule has 0 aromatic heterocycles. The number of fused-ring (bicyclic) bond motifs is 1. The molecule has 2 aromatic rings. The van der Waals surface area contributed by atoms with Crippen LogP contribution in [0.15, 0.2) is 60.2 Å². The molecule has 0 saturated carbocycles. The lowest BCUT2D eigenvalue weighted by atomic mass is 10.0. The van der Waals surface area contributed by atoms with Crippen molar-refractivity contribution in [1.29, 1.82) is 0 Å². The molecule has 3 heteroatoms. The predicted molar refractivity (Wildman–Crippen MR) is 110 cm³/mol. The summed E-state index contributed by atoms with van der Waals surface area (Å²) in [5, 5.41) is 1.96. The van der Waals surface area contributed by atoms with E-state index >= 15 is 0 Å². The van der Waals surface area contributed by atoms with Gasteiger partial charge < -0.3 is 9.64 Å². The van der Waals surface area contributed by atoms with Crippen LogP contribution in [0.1, 0.15) is 38.1 Å². The van der Waals surface area contributed by atoms with E-state index in [0.717, 1.165) is 21.9 Å². The first-order chi connectivity index (χ1) is 12.3. The van der Waals surface area contributed by atoms with Crippen LogP contribution in [0.4, 0.5) is 0 Å². The fourth-order valence-corrected chi connectivity index (χ4v) is 3.23. The number of benzene rings is 2. The van der Waals surface area contributed by atoms with Gasteiger partial charge in [0.25, 0.3) is 5.91 Å². The van der Waals surface area contributed by atoms with Gasteiger partial charge in [0.15, 0.2) is 0 Å². The highest BCUT2D eigenvalue weighted by Gasteiger charge is 2.23. The van der Waals surface area contributed by atoms with Gasteiger partial charge in [-0.25, -0.2) is 0 Å². The van der Waals surface area contributed by atoms with Crippen LogP contribution in [-0.4, -0.2) is 31.0 Å². The third-order valence-corrected chi connectivity index (χ3v) is 4.13. The molecule has 0 atom stereocenters. The molecule has 26 heavy (non-hydrogen) atoms. The number of allylic oxidation sites excluding steroid dienone is 2. The largest absolute Gasteiger partial charge is 0.496 e. The van der Waals surface area contributed by atoms with Crippen LogP contribution >= 0.6 is 0 Å². The van der Waals surface area contributed by atoms with Gasteiger partial charge in [0.2, 0.25) is 0 Å². The van der Waals surface area contributed by atoms with E-state index in [9.17, 15) is 4.79 Å². The lowest BCUT2D eigenvalue weighted by molar-refractivity contribution is 0.0750. The lowest BCUT2D eigenvalue weighted by Gasteiger charge is -2.26. The van der Waals surface area contributed by atoms with Gasteiger partial charge in [-0.05, 0) is 36.6 Å². The van der Waals surface area contributed by atoms with Gasteiger partial charge in [0.05, 0.1) is 12.7 Å². The molecule has 0 unspecified atom stereocenters. The first-order valence-electron chi connectivity index (χ1n) is 9.01. The molecule has 0 aliphatic carbocycles. The number of amides is 1. The topological polar surface area (TPSA) is 29.5 Å². The number of nitrogens with zero attached hydrogens (tertiary/aromatic N) is 1. The molecular weight excluding hydrogens is 322 g/mol. The molecule has 138 valence electrons. The van der Waals surface area contributed by atoms with E-state index < -0.39 is 0 Å². The normalized spacial score (nSPS) is 11.7. The Morgan fingerprint density at radius 1 is 1.19 bits per heavy atom. The van der Waals surface area contributed by atoms with E-state index in [1.807, 2.05) is 61.2 Å². The zero-order chi connectivity index (χ0) is 19.3. The fourth-order valence-electron chi connectivity index (χ4n) is 3.23. The van der Waals surface area contributed by atoms with Crippen LogP contribution in [-0.2, 0) is 0 Å². The zero-order valence-electron chi connectivity index (χ0n) is 16.5. The summed E-state index contributed by atoms with van der Waals surface area (Å²) in [7, 11) is 1.61. The first-order valence-corrected chi connectivity index (χ1v) is 9.01. The number of hydrogen-bond donors (Lipinski definition) is 0. The summed E-state index contributed by atoms with van der Waals surface area (Å²) < 4.78 is 5.52. The van der Waals surface area contributed by atoms with Gasteiger partial charge in [-0.1, -0.05) is 68.0 Å². The molecule has 0 radical (unpaired) electrons. The van der Waals surface area contributed by atoms with Crippen molar-refractivity contribution in [2.75, 3.05) is 20.2 Å². The van der Waals surface area contributed by atoms with Crippen molar-refractivity contribution in [2.45, 2.75) is 27.7 Å². The number of rotatable bonds is 7. The smallest absolute Gasteiger partial charge is 0.258 e. The highest BCUT2D eigenvalue weighted by atomic mass is 16.5. The minimum absolute atomic E-state index is 0.00168. The summed E-state index contributed by atoms with van der Waals surface area (Å²) >= 11 is 0. The standard InChI is InChI=1S/C23H29NO2/c1-16(2)13-18(5)15-24(14-17(3)4)23(25)22-20-10-8-7-9-19(20)11-12-21(22)26-6/h7-13,17H,1,14-15H2,2-6H3/b18-13+. The Hall–Kier alpha value is -2.55. The molecule has 2 aromatic carbocycles. The Morgan fingerprint density at radius 3 is 2.50 bits per heavy atom. The highest BCUT2D eigenvalue weighted by molar-refractivity contribution is 6.09. The molecule has 0 spiro atoms. The van der Waals surface area contributed by atoms with Crippen LogP contribution < -0.4 is 4.74 Å². The fraction of sp³-hybridized carbons (Fsp3) is 0.348. The monoisotopic (exact) mass is 351 g/mol. The molecule has 0 saturated heterocycles. The Kier molecular flexibility index (Phi) is 6.62. The second-order valence-electron chi connectivity index (χ2n) is 7.28. The van der Waals surface area contributed by atoms with Gasteiger partial charge in [-0.15, -0.1) is 0 Å². The summed E-state index contributed by atoms with van der Waals surface area (Å²) in [6, 6.07) is 11.8. The Bertz CT molecular complexity index is 833. The van der Waals surface area contributed by atoms with Crippen LogP contribution in [0, 0.1) is 5.92 Å². The third kappa shape index (κ3) is 4.75. The Balaban J connectivity index is 2.51. The van der Waals surface area contributed by atoms with Crippen LogP contribution in [0.5, 0.6) is 5.75 Å². The molecule has 0 fully saturated rings. The van der Waals surface area contributed by atoms with Crippen molar-refractivity contribution in [1.82, 2.24) is 4.90 Å². The zero-order valence-corrected chi connectivity index (χ0v) is 16.5. The maximum Gasteiger partial charge on any atom is 0.258 e. The van der Waals surface area contributed by atoms with E-state index in [0.29, 0.717) is 30.3 Å². The molecule has 0 N–H and O–H groups in total. The van der Waals surface area contributed by atoms with Crippen molar-refractivity contribution < 1.29 is 9.53 Å². The van der Waals surface area contributed by atoms with Crippen molar-refractivity contribution >= 4 is 16.7 Å². The van der Waals surface area contributed by atoms with Crippen LogP contribution in [0.2, 0.25) is 0 Å². The molecular formula is C23H29NO2. The minimum atomic E-state index is 0.00168. The maximum absolute atomic E-state index is 13.5. The molecule has 0 heterocycles. The summed E-state index contributed by atoms with van der Waals surface area (Å²) in [4.78, 5) is 15.4. The maximum atomic E-state index is 13.5. The van der Waals surface area contributed by atoms with Crippen molar-refractivity contribution in [3.8, 4) is 5.75 Å². The predicted octanol–water partition coefficient (Wildman–Crippen LogP) is 5.47. The van der Waals surface area contributed by atoms with E-state index in [1.165, 1.54) is 0 Å². The van der Waals surface area contributed by atoms with Gasteiger partial charge >= 0.3 is 0 Å². The van der Waals surface area contributed by atoms with E-state index in [1.54, 1.807) is 7.11 Å². The first kappa shape index (κ1) is 19.8. The average Bonchev–Trinajstić information content (AvgIpc) is 2.58. The van der Waals surface area contributed by atoms with E-state index in [2.05, 4.69) is 20.4 Å². The van der Waals surface area contributed by atoms with Gasteiger partial charge in [-0.2, -0.15) is 0 Å². The molecule has 1 amide bonds. The number of methoxy groups -OCH3 is 1. The minimum Gasteiger partial charge on any atom is -0.496 e. The van der Waals surface area contributed by atoms with Crippen LogP contribution in [0.25, 0.3) is 10.8 Å². The number of carbonyl (C=O) groups is 1.